The van der Waals surface area contributed by atoms with Gasteiger partial charge in [0.15, 0.2) is 0 Å². The van der Waals surface area contributed by atoms with Crippen LogP contribution in [0.25, 0.3) is 0 Å². The van der Waals surface area contributed by atoms with Crippen molar-refractivity contribution < 1.29 is 19.1 Å². The number of carbonyl (C=O) groups excluding carboxylic acids is 1. The number of carboxylic acids is 1. The van der Waals surface area contributed by atoms with Crippen molar-refractivity contribution in [1.29, 1.82) is 0 Å². The van der Waals surface area contributed by atoms with Gasteiger partial charge >= 0.3 is 5.97 Å². The highest BCUT2D eigenvalue weighted by atomic mass is 19.1. The van der Waals surface area contributed by atoms with Crippen molar-refractivity contribution in [3.8, 4) is 0 Å². The van der Waals surface area contributed by atoms with Crippen LogP contribution >= 0.6 is 0 Å². The number of halogens is 1. The molecule has 5 heteroatoms. The highest BCUT2D eigenvalue weighted by molar-refractivity contribution is 5.88. The molecule has 0 saturated heterocycles. The SMILES string of the molecule is CC1CCC(NC(=O)Cc2cccc(F)c2)(C(=O)O)CC1. The largest absolute Gasteiger partial charge is 0.480 e. The number of hydrogen-bond acceptors (Lipinski definition) is 2. The zero-order valence-corrected chi connectivity index (χ0v) is 12.1. The van der Waals surface area contributed by atoms with E-state index in [1.54, 1.807) is 6.07 Å². The van der Waals surface area contributed by atoms with Crippen LogP contribution < -0.4 is 5.32 Å². The first kappa shape index (κ1) is 15.5. The molecule has 1 saturated carbocycles. The Labute approximate surface area is 123 Å². The van der Waals surface area contributed by atoms with Gasteiger partial charge < -0.3 is 10.4 Å². The standard InChI is InChI=1S/C16H20FNO3/c1-11-5-7-16(8-6-11,15(20)21)18-14(19)10-12-3-2-4-13(17)9-12/h2-4,9,11H,5-8,10H2,1H3,(H,18,19)(H,20,21). The second-order valence-corrected chi connectivity index (χ2v) is 5.92. The number of nitrogens with one attached hydrogen (secondary N) is 1. The normalized spacial score (nSPS) is 25.3. The predicted octanol–water partition coefficient (Wildman–Crippen LogP) is 2.52. The summed E-state index contributed by atoms with van der Waals surface area (Å²) in [4.78, 5) is 23.6. The second kappa shape index (κ2) is 6.24. The summed E-state index contributed by atoms with van der Waals surface area (Å²) in [6.07, 6.45) is 2.44. The molecule has 1 aliphatic carbocycles. The zero-order valence-electron chi connectivity index (χ0n) is 12.1. The Bertz CT molecular complexity index is 536. The van der Waals surface area contributed by atoms with E-state index in [1.165, 1.54) is 18.2 Å². The lowest BCUT2D eigenvalue weighted by Gasteiger charge is -2.36. The molecule has 0 atom stereocenters. The van der Waals surface area contributed by atoms with E-state index in [4.69, 9.17) is 0 Å². The number of rotatable bonds is 4. The number of carboxylic acid groups (broad SMARTS) is 1. The van der Waals surface area contributed by atoms with Gasteiger partial charge in [-0.05, 0) is 49.3 Å². The quantitative estimate of drug-likeness (QED) is 0.896. The van der Waals surface area contributed by atoms with Crippen LogP contribution in [0.1, 0.15) is 38.2 Å². The van der Waals surface area contributed by atoms with Gasteiger partial charge in [-0.25, -0.2) is 9.18 Å². The highest BCUT2D eigenvalue weighted by Gasteiger charge is 2.42. The van der Waals surface area contributed by atoms with Crippen molar-refractivity contribution in [3.63, 3.8) is 0 Å². The van der Waals surface area contributed by atoms with Crippen LogP contribution in [-0.2, 0) is 16.0 Å². The van der Waals surface area contributed by atoms with E-state index in [2.05, 4.69) is 12.2 Å². The number of hydrogen-bond donors (Lipinski definition) is 2. The summed E-state index contributed by atoms with van der Waals surface area (Å²) in [5, 5.41) is 12.1. The number of amides is 1. The number of benzene rings is 1. The minimum Gasteiger partial charge on any atom is -0.480 e. The Morgan fingerprint density at radius 1 is 1.38 bits per heavy atom. The summed E-state index contributed by atoms with van der Waals surface area (Å²) < 4.78 is 13.1. The third kappa shape index (κ3) is 3.80. The molecule has 0 unspecified atom stereocenters. The van der Waals surface area contributed by atoms with Gasteiger partial charge in [0.05, 0.1) is 6.42 Å². The first-order valence-corrected chi connectivity index (χ1v) is 7.20. The van der Waals surface area contributed by atoms with Crippen LogP contribution in [-0.4, -0.2) is 22.5 Å². The van der Waals surface area contributed by atoms with E-state index in [-0.39, 0.29) is 12.3 Å². The molecule has 1 amide bonds. The second-order valence-electron chi connectivity index (χ2n) is 5.92. The predicted molar refractivity (Wildman–Crippen MR) is 76.2 cm³/mol. The molecule has 0 bridgehead atoms. The average Bonchev–Trinajstić information content (AvgIpc) is 2.41. The summed E-state index contributed by atoms with van der Waals surface area (Å²) in [7, 11) is 0. The minimum absolute atomic E-state index is 0.0116. The fourth-order valence-electron chi connectivity index (χ4n) is 2.79. The van der Waals surface area contributed by atoms with E-state index in [9.17, 15) is 19.1 Å². The Kier molecular flexibility index (Phi) is 4.60. The molecule has 1 fully saturated rings. The van der Waals surface area contributed by atoms with Crippen molar-refractivity contribution >= 4 is 11.9 Å². The van der Waals surface area contributed by atoms with Crippen LogP contribution in [0.5, 0.6) is 0 Å². The lowest BCUT2D eigenvalue weighted by atomic mass is 9.77. The Balaban J connectivity index is 2.04. The summed E-state index contributed by atoms with van der Waals surface area (Å²) in [6.45, 7) is 2.08. The lowest BCUT2D eigenvalue weighted by Crippen LogP contribution is -2.56. The summed E-state index contributed by atoms with van der Waals surface area (Å²) in [5.41, 5.74) is -0.631. The van der Waals surface area contributed by atoms with Crippen molar-refractivity contribution in [3.05, 3.63) is 35.6 Å². The molecule has 0 aliphatic heterocycles. The number of aliphatic carboxylic acids is 1. The van der Waals surface area contributed by atoms with Gasteiger partial charge in [-0.1, -0.05) is 19.1 Å². The molecule has 1 aliphatic rings. The van der Waals surface area contributed by atoms with Crippen LogP contribution in [0.15, 0.2) is 24.3 Å². The maximum absolute atomic E-state index is 13.1. The van der Waals surface area contributed by atoms with Crippen molar-refractivity contribution in [1.82, 2.24) is 5.32 Å². The lowest BCUT2D eigenvalue weighted by molar-refractivity contribution is -0.149. The van der Waals surface area contributed by atoms with E-state index >= 15 is 0 Å². The average molecular weight is 293 g/mol. The maximum atomic E-state index is 13.1. The first-order valence-electron chi connectivity index (χ1n) is 7.20. The molecule has 1 aromatic carbocycles. The molecule has 0 radical (unpaired) electrons. The van der Waals surface area contributed by atoms with Crippen molar-refractivity contribution in [2.24, 2.45) is 5.92 Å². The molecule has 114 valence electrons. The van der Waals surface area contributed by atoms with Crippen LogP contribution in [0.3, 0.4) is 0 Å². The van der Waals surface area contributed by atoms with E-state index in [0.717, 1.165) is 12.8 Å². The molecular formula is C16H20FNO3. The van der Waals surface area contributed by atoms with E-state index in [1.807, 2.05) is 0 Å². The van der Waals surface area contributed by atoms with Gasteiger partial charge in [-0.3, -0.25) is 4.79 Å². The molecule has 4 nitrogen and oxygen atoms in total. The summed E-state index contributed by atoms with van der Waals surface area (Å²) >= 11 is 0. The molecule has 2 rings (SSSR count). The van der Waals surface area contributed by atoms with Crippen LogP contribution in [0, 0.1) is 11.7 Å². The van der Waals surface area contributed by atoms with Gasteiger partial charge in [-0.15, -0.1) is 0 Å². The summed E-state index contributed by atoms with van der Waals surface area (Å²) in [5.74, 6) is -1.28. The van der Waals surface area contributed by atoms with Crippen LogP contribution in [0.2, 0.25) is 0 Å². The fraction of sp³-hybridized carbons (Fsp3) is 0.500. The van der Waals surface area contributed by atoms with Crippen molar-refractivity contribution in [2.75, 3.05) is 0 Å². The van der Waals surface area contributed by atoms with Gasteiger partial charge in [0.1, 0.15) is 11.4 Å². The Hall–Kier alpha value is -1.91. The summed E-state index contributed by atoms with van der Waals surface area (Å²) in [6, 6.07) is 5.78. The van der Waals surface area contributed by atoms with Gasteiger partial charge in [-0.2, -0.15) is 0 Å². The monoisotopic (exact) mass is 293 g/mol. The smallest absolute Gasteiger partial charge is 0.329 e. The van der Waals surface area contributed by atoms with E-state index in [0.29, 0.717) is 24.3 Å². The van der Waals surface area contributed by atoms with Crippen molar-refractivity contribution in [2.45, 2.75) is 44.6 Å². The third-order valence-electron chi connectivity index (χ3n) is 4.17. The molecule has 0 aromatic heterocycles. The molecular weight excluding hydrogens is 273 g/mol. The van der Waals surface area contributed by atoms with Gasteiger partial charge in [0, 0.05) is 0 Å². The number of carbonyl (C=O) groups is 2. The Morgan fingerprint density at radius 2 is 2.05 bits per heavy atom. The molecule has 0 heterocycles. The highest BCUT2D eigenvalue weighted by Crippen LogP contribution is 2.32. The minimum atomic E-state index is -1.17. The fourth-order valence-corrected chi connectivity index (χ4v) is 2.79. The Morgan fingerprint density at radius 3 is 2.62 bits per heavy atom. The molecule has 1 aromatic rings. The van der Waals surface area contributed by atoms with Gasteiger partial charge in [0.2, 0.25) is 5.91 Å². The molecule has 21 heavy (non-hydrogen) atoms. The molecule has 2 N–H and O–H groups in total. The third-order valence-corrected chi connectivity index (χ3v) is 4.17. The first-order chi connectivity index (χ1) is 9.91. The van der Waals surface area contributed by atoms with Crippen LogP contribution in [0.4, 0.5) is 4.39 Å². The maximum Gasteiger partial charge on any atom is 0.329 e. The zero-order chi connectivity index (χ0) is 15.5. The molecule has 0 spiro atoms. The van der Waals surface area contributed by atoms with E-state index < -0.39 is 17.3 Å². The topological polar surface area (TPSA) is 66.4 Å². The van der Waals surface area contributed by atoms with Gasteiger partial charge in [0.25, 0.3) is 0 Å².